The third-order valence-corrected chi connectivity index (χ3v) is 4.65. The first-order chi connectivity index (χ1) is 11.3. The molecule has 0 aliphatic carbocycles. The van der Waals surface area contributed by atoms with E-state index in [9.17, 15) is 4.79 Å². The van der Waals surface area contributed by atoms with Gasteiger partial charge in [0.1, 0.15) is 0 Å². The van der Waals surface area contributed by atoms with E-state index in [-0.39, 0.29) is 5.91 Å². The Morgan fingerprint density at radius 1 is 0.565 bits per heavy atom. The monoisotopic (exact) mass is 325 g/mol. The molecule has 0 fully saturated rings. The molecule has 0 rings (SSSR count). The number of carbonyl (C=O) groups excluding carboxylic acids is 1. The van der Waals surface area contributed by atoms with E-state index < -0.39 is 0 Å². The van der Waals surface area contributed by atoms with E-state index in [1.165, 1.54) is 103 Å². The van der Waals surface area contributed by atoms with Crippen molar-refractivity contribution < 1.29 is 4.79 Å². The number of hydrogen-bond acceptors (Lipinski definition) is 1. The van der Waals surface area contributed by atoms with Gasteiger partial charge in [0.05, 0.1) is 0 Å². The van der Waals surface area contributed by atoms with Crippen molar-refractivity contribution in [3.05, 3.63) is 0 Å². The van der Waals surface area contributed by atoms with Crippen molar-refractivity contribution in [1.82, 2.24) is 5.32 Å². The molecule has 0 heterocycles. The Morgan fingerprint density at radius 2 is 0.870 bits per heavy atom. The van der Waals surface area contributed by atoms with Crippen molar-refractivity contribution in [2.24, 2.45) is 0 Å². The fourth-order valence-corrected chi connectivity index (χ4v) is 3.11. The third kappa shape index (κ3) is 21.5. The lowest BCUT2D eigenvalue weighted by Crippen LogP contribution is -2.20. The number of unbranched alkanes of at least 4 members (excludes halogenated alkanes) is 16. The summed E-state index contributed by atoms with van der Waals surface area (Å²) >= 11 is 0. The maximum absolute atomic E-state index is 10.7. The van der Waals surface area contributed by atoms with E-state index in [2.05, 4.69) is 12.2 Å². The van der Waals surface area contributed by atoms with Crippen LogP contribution in [-0.2, 0) is 4.79 Å². The van der Waals surface area contributed by atoms with Crippen LogP contribution in [0.3, 0.4) is 0 Å². The van der Waals surface area contributed by atoms with E-state index in [0.29, 0.717) is 0 Å². The lowest BCUT2D eigenvalue weighted by molar-refractivity contribution is -0.118. The van der Waals surface area contributed by atoms with Gasteiger partial charge in [-0.05, 0) is 6.42 Å². The van der Waals surface area contributed by atoms with Gasteiger partial charge in [-0.25, -0.2) is 0 Å². The summed E-state index contributed by atoms with van der Waals surface area (Å²) in [7, 11) is 0. The molecule has 1 N–H and O–H groups in total. The van der Waals surface area contributed by atoms with Crippen LogP contribution < -0.4 is 5.32 Å². The Kier molecular flexibility index (Phi) is 19.1. The van der Waals surface area contributed by atoms with Gasteiger partial charge in [0.2, 0.25) is 5.91 Å². The second-order valence-corrected chi connectivity index (χ2v) is 7.14. The van der Waals surface area contributed by atoms with Gasteiger partial charge in [-0.15, -0.1) is 0 Å². The second kappa shape index (κ2) is 19.5. The fourth-order valence-electron chi connectivity index (χ4n) is 3.11. The Hall–Kier alpha value is -0.530. The van der Waals surface area contributed by atoms with E-state index in [0.717, 1.165) is 13.0 Å². The molecular weight excluding hydrogens is 282 g/mol. The minimum Gasteiger partial charge on any atom is -0.356 e. The van der Waals surface area contributed by atoms with Gasteiger partial charge in [0, 0.05) is 13.5 Å². The molecule has 2 heteroatoms. The number of hydrogen-bond donors (Lipinski definition) is 1. The highest BCUT2D eigenvalue weighted by Gasteiger charge is 1.95. The van der Waals surface area contributed by atoms with Crippen LogP contribution in [0.4, 0.5) is 0 Å². The molecule has 23 heavy (non-hydrogen) atoms. The minimum absolute atomic E-state index is 0.0986. The largest absolute Gasteiger partial charge is 0.356 e. The van der Waals surface area contributed by atoms with Crippen molar-refractivity contribution in [3.8, 4) is 0 Å². The van der Waals surface area contributed by atoms with Crippen molar-refractivity contribution in [1.29, 1.82) is 0 Å². The quantitative estimate of drug-likeness (QED) is 0.277. The standard InChI is InChI=1S/C21H43NO/c1-3-4-5-6-7-8-9-10-11-12-13-14-15-16-17-18-19-20-22-21(2)23/h3-20H2,1-2H3,(H,22,23). The highest BCUT2D eigenvalue weighted by molar-refractivity contribution is 5.72. The van der Waals surface area contributed by atoms with Crippen molar-refractivity contribution in [2.75, 3.05) is 6.54 Å². The molecule has 0 aliphatic rings. The lowest BCUT2D eigenvalue weighted by atomic mass is 10.0. The highest BCUT2D eigenvalue weighted by Crippen LogP contribution is 2.13. The Bertz CT molecular complexity index is 240. The molecule has 0 atom stereocenters. The second-order valence-electron chi connectivity index (χ2n) is 7.14. The highest BCUT2D eigenvalue weighted by atomic mass is 16.1. The van der Waals surface area contributed by atoms with Crippen molar-refractivity contribution >= 4 is 5.91 Å². The van der Waals surface area contributed by atoms with E-state index in [4.69, 9.17) is 0 Å². The zero-order valence-corrected chi connectivity index (χ0v) is 16.1. The summed E-state index contributed by atoms with van der Waals surface area (Å²) in [4.78, 5) is 10.7. The number of amides is 1. The summed E-state index contributed by atoms with van der Waals surface area (Å²) in [6.45, 7) is 4.73. The molecule has 138 valence electrons. The van der Waals surface area contributed by atoms with Gasteiger partial charge in [0.25, 0.3) is 0 Å². The molecule has 0 radical (unpaired) electrons. The molecule has 0 spiro atoms. The topological polar surface area (TPSA) is 29.1 Å². The SMILES string of the molecule is CCCCCCCCCCCCCCCCCCCNC(C)=O. The van der Waals surface area contributed by atoms with Crippen LogP contribution in [0.2, 0.25) is 0 Å². The third-order valence-electron chi connectivity index (χ3n) is 4.65. The van der Waals surface area contributed by atoms with E-state index in [1.54, 1.807) is 6.92 Å². The van der Waals surface area contributed by atoms with Crippen LogP contribution in [0.25, 0.3) is 0 Å². The van der Waals surface area contributed by atoms with Gasteiger partial charge < -0.3 is 5.32 Å². The Balaban J connectivity index is 2.96. The zero-order chi connectivity index (χ0) is 17.0. The molecule has 0 aliphatic heterocycles. The Morgan fingerprint density at radius 3 is 1.17 bits per heavy atom. The minimum atomic E-state index is 0.0986. The summed E-state index contributed by atoms with van der Waals surface area (Å²) in [6, 6.07) is 0. The molecule has 0 saturated heterocycles. The van der Waals surface area contributed by atoms with Gasteiger partial charge in [0.15, 0.2) is 0 Å². The van der Waals surface area contributed by atoms with Gasteiger partial charge in [-0.2, -0.15) is 0 Å². The normalized spacial score (nSPS) is 10.9. The maximum Gasteiger partial charge on any atom is 0.216 e. The fraction of sp³-hybridized carbons (Fsp3) is 0.952. The molecule has 0 bridgehead atoms. The van der Waals surface area contributed by atoms with Crippen LogP contribution in [0, 0.1) is 0 Å². The zero-order valence-electron chi connectivity index (χ0n) is 16.1. The Labute approximate surface area is 146 Å². The summed E-state index contributed by atoms with van der Waals surface area (Å²) in [5, 5.41) is 2.86. The predicted molar refractivity (Wildman–Crippen MR) is 103 cm³/mol. The number of rotatable bonds is 18. The molecule has 0 aromatic rings. The smallest absolute Gasteiger partial charge is 0.216 e. The molecule has 0 saturated carbocycles. The van der Waals surface area contributed by atoms with E-state index >= 15 is 0 Å². The van der Waals surface area contributed by atoms with Crippen molar-refractivity contribution in [2.45, 2.75) is 123 Å². The predicted octanol–water partition coefficient (Wildman–Crippen LogP) is 6.77. The summed E-state index contributed by atoms with van der Waals surface area (Å²) in [6.07, 6.45) is 23.8. The van der Waals surface area contributed by atoms with Gasteiger partial charge in [-0.3, -0.25) is 4.79 Å². The maximum atomic E-state index is 10.7. The number of carbonyl (C=O) groups is 1. The first-order valence-corrected chi connectivity index (χ1v) is 10.5. The average Bonchev–Trinajstić information content (AvgIpc) is 2.53. The van der Waals surface area contributed by atoms with Crippen molar-refractivity contribution in [3.63, 3.8) is 0 Å². The first kappa shape index (κ1) is 22.5. The number of nitrogens with one attached hydrogen (secondary N) is 1. The van der Waals surface area contributed by atoms with E-state index in [1.807, 2.05) is 0 Å². The molecular formula is C21H43NO. The first-order valence-electron chi connectivity index (χ1n) is 10.5. The molecule has 1 amide bonds. The van der Waals surface area contributed by atoms with Crippen LogP contribution >= 0.6 is 0 Å². The van der Waals surface area contributed by atoms with Crippen LogP contribution in [0.5, 0.6) is 0 Å². The molecule has 0 aromatic heterocycles. The summed E-state index contributed by atoms with van der Waals surface area (Å²) in [5.41, 5.74) is 0. The molecule has 2 nitrogen and oxygen atoms in total. The summed E-state index contributed by atoms with van der Waals surface area (Å²) < 4.78 is 0. The average molecular weight is 326 g/mol. The van der Waals surface area contributed by atoms with Gasteiger partial charge >= 0.3 is 0 Å². The van der Waals surface area contributed by atoms with Crippen LogP contribution in [0.15, 0.2) is 0 Å². The molecule has 0 aromatic carbocycles. The van der Waals surface area contributed by atoms with Gasteiger partial charge in [-0.1, -0.05) is 110 Å². The summed E-state index contributed by atoms with van der Waals surface area (Å²) in [5.74, 6) is 0.0986. The lowest BCUT2D eigenvalue weighted by Gasteiger charge is -2.04. The van der Waals surface area contributed by atoms with Crippen LogP contribution in [0.1, 0.15) is 123 Å². The van der Waals surface area contributed by atoms with Crippen LogP contribution in [-0.4, -0.2) is 12.5 Å². The molecule has 0 unspecified atom stereocenters.